The summed E-state index contributed by atoms with van der Waals surface area (Å²) in [6, 6.07) is 16.1. The van der Waals surface area contributed by atoms with Crippen LogP contribution in [0, 0.1) is 24.2 Å². The molecular formula is C25H28N6O. The Morgan fingerprint density at radius 3 is 2.66 bits per heavy atom. The van der Waals surface area contributed by atoms with Crippen molar-refractivity contribution >= 4 is 5.91 Å². The Bertz CT molecular complexity index is 1080. The lowest BCUT2D eigenvalue weighted by Gasteiger charge is -2.32. The summed E-state index contributed by atoms with van der Waals surface area (Å²) in [4.78, 5) is 23.7. The van der Waals surface area contributed by atoms with Crippen molar-refractivity contribution in [2.45, 2.75) is 32.7 Å². The van der Waals surface area contributed by atoms with Gasteiger partial charge in [-0.05, 0) is 62.9 Å². The van der Waals surface area contributed by atoms with E-state index in [1.54, 1.807) is 22.9 Å². The monoisotopic (exact) mass is 428 g/mol. The number of rotatable bonds is 7. The third kappa shape index (κ3) is 5.40. The molecule has 1 N–H and O–H groups in total. The molecular weight excluding hydrogens is 400 g/mol. The molecule has 1 aliphatic rings. The maximum atomic E-state index is 12.6. The second kappa shape index (κ2) is 10.2. The normalized spacial score (nSPS) is 14.8. The molecule has 4 rings (SSSR count). The number of carbonyl (C=O) groups is 1. The summed E-state index contributed by atoms with van der Waals surface area (Å²) in [7, 11) is 0. The second-order valence-corrected chi connectivity index (χ2v) is 8.31. The van der Waals surface area contributed by atoms with E-state index in [1.165, 1.54) is 24.6 Å². The summed E-state index contributed by atoms with van der Waals surface area (Å²) in [6.45, 7) is 5.72. The Balaban J connectivity index is 1.23. The number of carbonyl (C=O) groups excluding carboxylic acids is 1. The van der Waals surface area contributed by atoms with Gasteiger partial charge in [0.25, 0.3) is 5.91 Å². The first-order chi connectivity index (χ1) is 15.6. The number of nitrogens with one attached hydrogen (secondary N) is 1. The van der Waals surface area contributed by atoms with Crippen LogP contribution in [0.25, 0.3) is 5.82 Å². The molecule has 0 radical (unpaired) electrons. The first kappa shape index (κ1) is 21.7. The maximum Gasteiger partial charge on any atom is 0.271 e. The highest BCUT2D eigenvalue weighted by Crippen LogP contribution is 2.21. The van der Waals surface area contributed by atoms with Crippen LogP contribution >= 0.6 is 0 Å². The molecule has 1 saturated heterocycles. The molecule has 0 atom stereocenters. The van der Waals surface area contributed by atoms with E-state index in [4.69, 9.17) is 5.26 Å². The second-order valence-electron chi connectivity index (χ2n) is 8.31. The van der Waals surface area contributed by atoms with Crippen LogP contribution in [0.4, 0.5) is 0 Å². The first-order valence-electron chi connectivity index (χ1n) is 11.1. The highest BCUT2D eigenvalue weighted by Gasteiger charge is 2.20. The van der Waals surface area contributed by atoms with E-state index in [1.807, 2.05) is 6.92 Å². The standard InChI is InChI=1S/C25H28N6O/c1-19-29-23(18-31(19)24-8-7-22(15-26)16-28-24)25(32)27-12-9-20-10-13-30(14-11-20)17-21-5-3-2-4-6-21/h2-8,16,18,20H,9-14,17H2,1H3,(H,27,32). The molecule has 0 aliphatic carbocycles. The summed E-state index contributed by atoms with van der Waals surface area (Å²) in [5, 5.41) is 11.9. The summed E-state index contributed by atoms with van der Waals surface area (Å²) >= 11 is 0. The van der Waals surface area contributed by atoms with Gasteiger partial charge in [0.2, 0.25) is 0 Å². The summed E-state index contributed by atoms with van der Waals surface area (Å²) < 4.78 is 1.76. The number of amides is 1. The fourth-order valence-corrected chi connectivity index (χ4v) is 4.16. The number of aryl methyl sites for hydroxylation is 1. The van der Waals surface area contributed by atoms with E-state index in [9.17, 15) is 4.79 Å². The molecule has 3 aromatic rings. The Labute approximate surface area is 188 Å². The molecule has 2 aromatic heterocycles. The molecule has 0 bridgehead atoms. The molecule has 1 aromatic carbocycles. The van der Waals surface area contributed by atoms with Crippen LogP contribution in [-0.4, -0.2) is 45.0 Å². The van der Waals surface area contributed by atoms with Crippen LogP contribution in [0.3, 0.4) is 0 Å². The van der Waals surface area contributed by atoms with Gasteiger partial charge in [0.1, 0.15) is 23.4 Å². The lowest BCUT2D eigenvalue weighted by molar-refractivity contribution is 0.0943. The van der Waals surface area contributed by atoms with Gasteiger partial charge in [-0.15, -0.1) is 0 Å². The van der Waals surface area contributed by atoms with Gasteiger partial charge in [-0.1, -0.05) is 30.3 Å². The molecule has 1 fully saturated rings. The highest BCUT2D eigenvalue weighted by molar-refractivity contribution is 5.92. The topological polar surface area (TPSA) is 86.8 Å². The molecule has 32 heavy (non-hydrogen) atoms. The summed E-state index contributed by atoms with van der Waals surface area (Å²) in [6.07, 6.45) is 6.53. The number of hydrogen-bond donors (Lipinski definition) is 1. The number of nitrogens with zero attached hydrogens (tertiary/aromatic N) is 5. The largest absolute Gasteiger partial charge is 0.351 e. The van der Waals surface area contributed by atoms with E-state index in [0.29, 0.717) is 35.4 Å². The van der Waals surface area contributed by atoms with Crippen LogP contribution in [0.5, 0.6) is 0 Å². The molecule has 0 spiro atoms. The number of aromatic nitrogens is 3. The van der Waals surface area contributed by atoms with Gasteiger partial charge in [0, 0.05) is 25.5 Å². The van der Waals surface area contributed by atoms with Crippen molar-refractivity contribution in [2.75, 3.05) is 19.6 Å². The zero-order valence-electron chi connectivity index (χ0n) is 18.4. The highest BCUT2D eigenvalue weighted by atomic mass is 16.1. The minimum atomic E-state index is -0.165. The Hall–Kier alpha value is -3.50. The molecule has 7 heteroatoms. The molecule has 164 valence electrons. The third-order valence-corrected chi connectivity index (χ3v) is 6.03. The molecule has 0 saturated carbocycles. The van der Waals surface area contributed by atoms with E-state index in [-0.39, 0.29) is 5.91 Å². The van der Waals surface area contributed by atoms with E-state index in [2.05, 4.69) is 56.6 Å². The number of likely N-dealkylation sites (tertiary alicyclic amines) is 1. The number of imidazole rings is 1. The average molecular weight is 429 g/mol. The van der Waals surface area contributed by atoms with Gasteiger partial charge >= 0.3 is 0 Å². The predicted molar refractivity (Wildman–Crippen MR) is 122 cm³/mol. The number of benzene rings is 1. The van der Waals surface area contributed by atoms with Crippen molar-refractivity contribution in [2.24, 2.45) is 5.92 Å². The van der Waals surface area contributed by atoms with Crippen molar-refractivity contribution < 1.29 is 4.79 Å². The zero-order chi connectivity index (χ0) is 22.3. The molecule has 1 amide bonds. The van der Waals surface area contributed by atoms with Crippen LogP contribution in [0.1, 0.15) is 46.7 Å². The van der Waals surface area contributed by atoms with Gasteiger partial charge in [0.15, 0.2) is 0 Å². The van der Waals surface area contributed by atoms with Crippen LogP contribution in [0.15, 0.2) is 54.9 Å². The Kier molecular flexibility index (Phi) is 6.93. The predicted octanol–water partition coefficient (Wildman–Crippen LogP) is 3.48. The first-order valence-corrected chi connectivity index (χ1v) is 11.1. The smallest absolute Gasteiger partial charge is 0.271 e. The average Bonchev–Trinajstić information content (AvgIpc) is 3.22. The van der Waals surface area contributed by atoms with Crippen molar-refractivity contribution in [3.05, 3.63) is 77.5 Å². The Morgan fingerprint density at radius 1 is 1.19 bits per heavy atom. The van der Waals surface area contributed by atoms with E-state index < -0.39 is 0 Å². The Morgan fingerprint density at radius 2 is 1.97 bits per heavy atom. The fourth-order valence-electron chi connectivity index (χ4n) is 4.16. The van der Waals surface area contributed by atoms with Crippen LogP contribution in [-0.2, 0) is 6.54 Å². The van der Waals surface area contributed by atoms with E-state index in [0.717, 1.165) is 26.1 Å². The van der Waals surface area contributed by atoms with Gasteiger partial charge in [0.05, 0.1) is 5.56 Å². The number of nitriles is 1. The lowest BCUT2D eigenvalue weighted by atomic mass is 9.93. The maximum absolute atomic E-state index is 12.6. The third-order valence-electron chi connectivity index (χ3n) is 6.03. The molecule has 7 nitrogen and oxygen atoms in total. The minimum absolute atomic E-state index is 0.165. The number of piperidine rings is 1. The molecule has 3 heterocycles. The fraction of sp³-hybridized carbons (Fsp3) is 0.360. The van der Waals surface area contributed by atoms with Crippen molar-refractivity contribution in [1.82, 2.24) is 24.8 Å². The van der Waals surface area contributed by atoms with Crippen molar-refractivity contribution in [3.63, 3.8) is 0 Å². The van der Waals surface area contributed by atoms with Crippen molar-refractivity contribution in [1.29, 1.82) is 5.26 Å². The minimum Gasteiger partial charge on any atom is -0.351 e. The summed E-state index contributed by atoms with van der Waals surface area (Å²) in [5.74, 6) is 1.79. The zero-order valence-corrected chi connectivity index (χ0v) is 18.4. The number of hydrogen-bond acceptors (Lipinski definition) is 5. The lowest BCUT2D eigenvalue weighted by Crippen LogP contribution is -2.34. The van der Waals surface area contributed by atoms with Gasteiger partial charge in [-0.3, -0.25) is 14.3 Å². The summed E-state index contributed by atoms with van der Waals surface area (Å²) in [5.41, 5.74) is 2.24. The quantitative estimate of drug-likeness (QED) is 0.623. The number of pyridine rings is 1. The van der Waals surface area contributed by atoms with Crippen LogP contribution in [0.2, 0.25) is 0 Å². The van der Waals surface area contributed by atoms with E-state index >= 15 is 0 Å². The van der Waals surface area contributed by atoms with Crippen molar-refractivity contribution in [3.8, 4) is 11.9 Å². The molecule has 0 unspecified atom stereocenters. The van der Waals surface area contributed by atoms with Gasteiger partial charge in [-0.25, -0.2) is 9.97 Å². The van der Waals surface area contributed by atoms with Crippen LogP contribution < -0.4 is 5.32 Å². The van der Waals surface area contributed by atoms with Gasteiger partial charge < -0.3 is 5.32 Å². The molecule has 1 aliphatic heterocycles. The SMILES string of the molecule is Cc1nc(C(=O)NCCC2CCN(Cc3ccccc3)CC2)cn1-c1ccc(C#N)cn1. The van der Waals surface area contributed by atoms with Gasteiger partial charge in [-0.2, -0.15) is 5.26 Å².